The molecule has 1 aliphatic rings. The van der Waals surface area contributed by atoms with Crippen molar-refractivity contribution in [3.63, 3.8) is 0 Å². The minimum Gasteiger partial charge on any atom is -0.310 e. The van der Waals surface area contributed by atoms with Gasteiger partial charge in [-0.25, -0.2) is 0 Å². The van der Waals surface area contributed by atoms with Crippen LogP contribution in [0.4, 0.5) is 0 Å². The van der Waals surface area contributed by atoms with E-state index < -0.39 is 0 Å². The summed E-state index contributed by atoms with van der Waals surface area (Å²) in [5.41, 5.74) is 0.281. The van der Waals surface area contributed by atoms with E-state index >= 15 is 0 Å². The van der Waals surface area contributed by atoms with E-state index in [-0.39, 0.29) is 5.54 Å². The molecule has 1 saturated carbocycles. The van der Waals surface area contributed by atoms with Crippen LogP contribution in [-0.2, 0) is 0 Å². The molecule has 0 aromatic carbocycles. The zero-order chi connectivity index (χ0) is 10.4. The molecule has 0 aromatic rings. The zero-order valence-electron chi connectivity index (χ0n) is 9.61. The van der Waals surface area contributed by atoms with E-state index in [0.717, 1.165) is 18.3 Å². The summed E-state index contributed by atoms with van der Waals surface area (Å²) in [5, 5.41) is 3.70. The Hall–Kier alpha value is 0.250. The third-order valence-corrected chi connectivity index (χ3v) is 3.94. The smallest absolute Gasteiger partial charge is 0.0406 e. The summed E-state index contributed by atoms with van der Waals surface area (Å²) in [5.74, 6) is 1.58. The van der Waals surface area contributed by atoms with Gasteiger partial charge in [0.05, 0.1) is 0 Å². The van der Waals surface area contributed by atoms with Crippen LogP contribution >= 0.6 is 11.6 Å². The first kappa shape index (κ1) is 12.3. The second-order valence-corrected chi connectivity index (χ2v) is 5.16. The molecule has 0 aliphatic heterocycles. The van der Waals surface area contributed by atoms with Crippen molar-refractivity contribution in [3.05, 3.63) is 0 Å². The first-order valence-corrected chi connectivity index (χ1v) is 6.57. The van der Waals surface area contributed by atoms with Crippen molar-refractivity contribution in [2.75, 3.05) is 12.4 Å². The molecule has 1 atom stereocenters. The van der Waals surface area contributed by atoms with Gasteiger partial charge in [-0.2, -0.15) is 0 Å². The maximum atomic E-state index is 6.06. The van der Waals surface area contributed by atoms with Crippen LogP contribution in [0.5, 0.6) is 0 Å². The van der Waals surface area contributed by atoms with Crippen LogP contribution in [-0.4, -0.2) is 18.0 Å². The molecule has 1 nitrogen and oxygen atoms in total. The van der Waals surface area contributed by atoms with Crippen molar-refractivity contribution in [1.82, 2.24) is 5.32 Å². The van der Waals surface area contributed by atoms with Gasteiger partial charge in [-0.15, -0.1) is 11.6 Å². The van der Waals surface area contributed by atoms with Gasteiger partial charge in [0.15, 0.2) is 0 Å². The average Bonchev–Trinajstić information content (AvgIpc) is 2.65. The molecule has 1 rings (SSSR count). The van der Waals surface area contributed by atoms with Gasteiger partial charge in [-0.3, -0.25) is 0 Å². The zero-order valence-corrected chi connectivity index (χ0v) is 10.4. The Morgan fingerprint density at radius 1 is 1.36 bits per heavy atom. The Bertz CT molecular complexity index is 152. The predicted molar refractivity (Wildman–Crippen MR) is 64.0 cm³/mol. The highest BCUT2D eigenvalue weighted by atomic mass is 35.5. The van der Waals surface area contributed by atoms with E-state index in [1.165, 1.54) is 38.5 Å². The number of nitrogens with one attached hydrogen (secondary N) is 1. The Morgan fingerprint density at radius 3 is 2.50 bits per heavy atom. The SMILES string of the molecule is CCCC(C)CNC1(CCl)CCCC1. The minimum absolute atomic E-state index is 0.281. The Balaban J connectivity index is 2.27. The maximum absolute atomic E-state index is 6.06. The molecule has 2 heteroatoms. The second kappa shape index (κ2) is 5.97. The largest absolute Gasteiger partial charge is 0.310 e. The number of halogens is 1. The van der Waals surface area contributed by atoms with Gasteiger partial charge in [0.25, 0.3) is 0 Å². The third kappa shape index (κ3) is 3.43. The first-order chi connectivity index (χ1) is 6.72. The summed E-state index contributed by atoms with van der Waals surface area (Å²) in [6, 6.07) is 0. The molecule has 14 heavy (non-hydrogen) atoms. The molecule has 0 spiro atoms. The highest BCUT2D eigenvalue weighted by Crippen LogP contribution is 2.30. The van der Waals surface area contributed by atoms with Crippen molar-refractivity contribution in [3.8, 4) is 0 Å². The maximum Gasteiger partial charge on any atom is 0.0406 e. The van der Waals surface area contributed by atoms with Crippen LogP contribution in [0.1, 0.15) is 52.4 Å². The number of hydrogen-bond acceptors (Lipinski definition) is 1. The van der Waals surface area contributed by atoms with Crippen molar-refractivity contribution in [1.29, 1.82) is 0 Å². The van der Waals surface area contributed by atoms with Crippen molar-refractivity contribution < 1.29 is 0 Å². The lowest BCUT2D eigenvalue weighted by atomic mass is 9.98. The molecule has 0 saturated heterocycles. The molecule has 0 radical (unpaired) electrons. The fourth-order valence-electron chi connectivity index (χ4n) is 2.40. The van der Waals surface area contributed by atoms with E-state index in [1.807, 2.05) is 0 Å². The normalized spacial score (nSPS) is 22.5. The predicted octanol–water partition coefficient (Wildman–Crippen LogP) is 3.56. The van der Waals surface area contributed by atoms with Gasteiger partial charge < -0.3 is 5.32 Å². The highest BCUT2D eigenvalue weighted by Gasteiger charge is 2.32. The van der Waals surface area contributed by atoms with E-state index in [2.05, 4.69) is 19.2 Å². The summed E-state index contributed by atoms with van der Waals surface area (Å²) in [6.07, 6.45) is 7.86. The molecule has 0 bridgehead atoms. The molecular weight excluding hydrogens is 194 g/mol. The minimum atomic E-state index is 0.281. The number of rotatable bonds is 6. The Morgan fingerprint density at radius 2 is 2.00 bits per heavy atom. The van der Waals surface area contributed by atoms with Crippen LogP contribution in [0.15, 0.2) is 0 Å². The summed E-state index contributed by atoms with van der Waals surface area (Å²) in [4.78, 5) is 0. The average molecular weight is 218 g/mol. The molecule has 0 aromatic heterocycles. The lowest BCUT2D eigenvalue weighted by Crippen LogP contribution is -2.46. The van der Waals surface area contributed by atoms with E-state index in [9.17, 15) is 0 Å². The quantitative estimate of drug-likeness (QED) is 0.671. The van der Waals surface area contributed by atoms with E-state index in [1.54, 1.807) is 0 Å². The standard InChI is InChI=1S/C12H24ClN/c1-3-6-11(2)9-14-12(10-13)7-4-5-8-12/h11,14H,3-10H2,1-2H3. The first-order valence-electron chi connectivity index (χ1n) is 6.03. The molecule has 0 heterocycles. The van der Waals surface area contributed by atoms with E-state index in [0.29, 0.717) is 0 Å². The Labute approximate surface area is 93.6 Å². The van der Waals surface area contributed by atoms with E-state index in [4.69, 9.17) is 11.6 Å². The van der Waals surface area contributed by atoms with Crippen LogP contribution in [0.2, 0.25) is 0 Å². The summed E-state index contributed by atoms with van der Waals surface area (Å²) < 4.78 is 0. The third-order valence-electron chi connectivity index (χ3n) is 3.42. The number of hydrogen-bond donors (Lipinski definition) is 1. The molecule has 84 valence electrons. The van der Waals surface area contributed by atoms with Gasteiger partial charge in [0, 0.05) is 11.4 Å². The monoisotopic (exact) mass is 217 g/mol. The van der Waals surface area contributed by atoms with Gasteiger partial charge in [-0.1, -0.05) is 33.1 Å². The van der Waals surface area contributed by atoms with Crippen molar-refractivity contribution in [2.24, 2.45) is 5.92 Å². The van der Waals surface area contributed by atoms with Crippen LogP contribution in [0, 0.1) is 5.92 Å². The van der Waals surface area contributed by atoms with Crippen molar-refractivity contribution >= 4 is 11.6 Å². The molecule has 1 unspecified atom stereocenters. The number of alkyl halides is 1. The summed E-state index contributed by atoms with van der Waals surface area (Å²) >= 11 is 6.06. The van der Waals surface area contributed by atoms with Gasteiger partial charge in [0.2, 0.25) is 0 Å². The summed E-state index contributed by atoms with van der Waals surface area (Å²) in [7, 11) is 0. The van der Waals surface area contributed by atoms with Gasteiger partial charge >= 0.3 is 0 Å². The second-order valence-electron chi connectivity index (χ2n) is 4.90. The molecular formula is C12H24ClN. The fraction of sp³-hybridized carbons (Fsp3) is 1.00. The summed E-state index contributed by atoms with van der Waals surface area (Å²) in [6.45, 7) is 5.72. The van der Waals surface area contributed by atoms with Crippen LogP contribution in [0.3, 0.4) is 0 Å². The fourth-order valence-corrected chi connectivity index (χ4v) is 2.76. The van der Waals surface area contributed by atoms with Gasteiger partial charge in [-0.05, 0) is 31.7 Å². The van der Waals surface area contributed by atoms with Gasteiger partial charge in [0.1, 0.15) is 0 Å². The topological polar surface area (TPSA) is 12.0 Å². The molecule has 1 aliphatic carbocycles. The lowest BCUT2D eigenvalue weighted by molar-refractivity contribution is 0.333. The van der Waals surface area contributed by atoms with Crippen molar-refractivity contribution in [2.45, 2.75) is 57.9 Å². The molecule has 1 fully saturated rings. The van der Waals surface area contributed by atoms with Crippen LogP contribution < -0.4 is 5.32 Å². The lowest BCUT2D eigenvalue weighted by Gasteiger charge is -2.29. The Kier molecular flexibility index (Phi) is 5.25. The van der Waals surface area contributed by atoms with Crippen LogP contribution in [0.25, 0.3) is 0 Å². The molecule has 1 N–H and O–H groups in total. The highest BCUT2D eigenvalue weighted by molar-refractivity contribution is 6.18. The molecule has 0 amide bonds.